The Morgan fingerprint density at radius 3 is 2.59 bits per heavy atom. The van der Waals surface area contributed by atoms with Crippen molar-refractivity contribution in [2.75, 3.05) is 6.61 Å². The number of nitrogens with zero attached hydrogens (tertiary/aromatic N) is 1. The van der Waals surface area contributed by atoms with Crippen LogP contribution in [0.3, 0.4) is 0 Å². The summed E-state index contributed by atoms with van der Waals surface area (Å²) < 4.78 is 1.13. The van der Waals surface area contributed by atoms with Gasteiger partial charge in [-0.05, 0) is 0 Å². The predicted molar refractivity (Wildman–Crippen MR) is 60.8 cm³/mol. The number of aliphatic hydroxyl groups is 3. The van der Waals surface area contributed by atoms with Gasteiger partial charge in [0.15, 0.2) is 0 Å². The number of rotatable bonds is 2. The van der Waals surface area contributed by atoms with E-state index in [2.05, 4.69) is 4.98 Å². The van der Waals surface area contributed by atoms with Gasteiger partial charge in [-0.25, -0.2) is 4.79 Å². The monoisotopic (exact) mass is 260 g/mol. The quantitative estimate of drug-likeness (QED) is 0.482. The zero-order valence-electron chi connectivity index (χ0n) is 8.68. The van der Waals surface area contributed by atoms with Gasteiger partial charge < -0.3 is 15.3 Å². The van der Waals surface area contributed by atoms with E-state index in [0.29, 0.717) is 0 Å². The van der Waals surface area contributed by atoms with Crippen molar-refractivity contribution in [1.82, 2.24) is 9.55 Å². The van der Waals surface area contributed by atoms with Crippen molar-refractivity contribution in [2.45, 2.75) is 22.8 Å². The van der Waals surface area contributed by atoms with Crippen molar-refractivity contribution < 1.29 is 15.3 Å². The molecule has 1 fully saturated rings. The molecule has 0 amide bonds. The fraction of sp³-hybridized carbons (Fsp3) is 0.556. The van der Waals surface area contributed by atoms with Crippen molar-refractivity contribution in [3.63, 3.8) is 0 Å². The van der Waals surface area contributed by atoms with Gasteiger partial charge in [-0.1, -0.05) is 0 Å². The van der Waals surface area contributed by atoms with Crippen LogP contribution in [0.25, 0.3) is 0 Å². The van der Waals surface area contributed by atoms with Crippen LogP contribution in [0.5, 0.6) is 0 Å². The smallest absolute Gasteiger partial charge is 0.329 e. The van der Waals surface area contributed by atoms with Crippen LogP contribution < -0.4 is 11.2 Å². The normalized spacial score (nSPS) is 32.9. The summed E-state index contributed by atoms with van der Waals surface area (Å²) in [5, 5.41) is 27.1. The van der Waals surface area contributed by atoms with Gasteiger partial charge in [-0.3, -0.25) is 14.3 Å². The maximum Gasteiger partial charge on any atom is 0.329 e. The Labute approximate surface area is 99.7 Å². The van der Waals surface area contributed by atoms with Crippen molar-refractivity contribution in [2.24, 2.45) is 0 Å². The molecule has 1 aromatic rings. The molecule has 2 heterocycles. The number of aliphatic hydroxyl groups excluding tert-OH is 3. The van der Waals surface area contributed by atoms with Crippen LogP contribution in [0.1, 0.15) is 5.37 Å². The van der Waals surface area contributed by atoms with Gasteiger partial charge in [-0.2, -0.15) is 0 Å². The minimum Gasteiger partial charge on any atom is -0.395 e. The maximum absolute atomic E-state index is 11.5. The number of hydrogen-bond acceptors (Lipinski definition) is 6. The zero-order valence-corrected chi connectivity index (χ0v) is 9.50. The molecule has 4 N–H and O–H groups in total. The molecule has 0 saturated carbocycles. The third-order valence-corrected chi connectivity index (χ3v) is 4.20. The number of thioether (sulfide) groups is 1. The van der Waals surface area contributed by atoms with Crippen molar-refractivity contribution in [3.05, 3.63) is 33.1 Å². The van der Waals surface area contributed by atoms with Crippen molar-refractivity contribution in [1.29, 1.82) is 0 Å². The molecule has 0 spiro atoms. The van der Waals surface area contributed by atoms with Gasteiger partial charge >= 0.3 is 5.69 Å². The van der Waals surface area contributed by atoms with Gasteiger partial charge in [0.25, 0.3) is 5.56 Å². The topological polar surface area (TPSA) is 116 Å². The van der Waals surface area contributed by atoms with E-state index in [-0.39, 0.29) is 6.61 Å². The summed E-state index contributed by atoms with van der Waals surface area (Å²) >= 11 is 1.09. The van der Waals surface area contributed by atoms with E-state index in [9.17, 15) is 19.8 Å². The van der Waals surface area contributed by atoms with Crippen LogP contribution in [-0.4, -0.2) is 48.9 Å². The van der Waals surface area contributed by atoms with Crippen LogP contribution in [0.4, 0.5) is 0 Å². The summed E-state index contributed by atoms with van der Waals surface area (Å²) in [6.45, 7) is -0.294. The second-order valence-corrected chi connectivity index (χ2v) is 5.11. The summed E-state index contributed by atoms with van der Waals surface area (Å²) in [7, 11) is 0. The number of aromatic nitrogens is 2. The SMILES string of the molecule is O=c1ccn([C@H]2S[C@H](CO)[C@@H](O)[C@H]2O)c(=O)[nH]1. The average molecular weight is 260 g/mol. The Morgan fingerprint density at radius 1 is 1.35 bits per heavy atom. The number of hydrogen-bond donors (Lipinski definition) is 4. The Balaban J connectivity index is 2.35. The molecule has 0 aliphatic carbocycles. The maximum atomic E-state index is 11.5. The lowest BCUT2D eigenvalue weighted by Crippen LogP contribution is -2.37. The molecule has 1 aromatic heterocycles. The molecule has 0 unspecified atom stereocenters. The second-order valence-electron chi connectivity index (χ2n) is 3.75. The minimum atomic E-state index is -1.17. The van der Waals surface area contributed by atoms with E-state index in [1.807, 2.05) is 0 Å². The summed E-state index contributed by atoms with van der Waals surface area (Å²) in [4.78, 5) is 24.5. The predicted octanol–water partition coefficient (Wildman–Crippen LogP) is -2.14. The van der Waals surface area contributed by atoms with Crippen molar-refractivity contribution in [3.8, 4) is 0 Å². The van der Waals surface area contributed by atoms with Crippen molar-refractivity contribution >= 4 is 11.8 Å². The molecule has 1 aliphatic rings. The Morgan fingerprint density at radius 2 is 2.06 bits per heavy atom. The average Bonchev–Trinajstić information content (AvgIpc) is 2.57. The first-order chi connectivity index (χ1) is 8.04. The first-order valence-corrected chi connectivity index (χ1v) is 5.93. The molecule has 8 heteroatoms. The number of nitrogens with one attached hydrogen (secondary N) is 1. The van der Waals surface area contributed by atoms with E-state index in [1.54, 1.807) is 0 Å². The fourth-order valence-electron chi connectivity index (χ4n) is 1.74. The van der Waals surface area contributed by atoms with E-state index >= 15 is 0 Å². The van der Waals surface area contributed by atoms with Gasteiger partial charge in [0.1, 0.15) is 11.5 Å². The summed E-state index contributed by atoms with van der Waals surface area (Å²) in [5.74, 6) is 0. The van der Waals surface area contributed by atoms with Crippen LogP contribution in [0, 0.1) is 0 Å². The van der Waals surface area contributed by atoms with Gasteiger partial charge in [-0.15, -0.1) is 11.8 Å². The first-order valence-electron chi connectivity index (χ1n) is 4.98. The first kappa shape index (κ1) is 12.4. The number of aromatic amines is 1. The zero-order chi connectivity index (χ0) is 12.6. The Hall–Kier alpha value is -1.09. The minimum absolute atomic E-state index is 0.294. The molecule has 0 bridgehead atoms. The molecule has 17 heavy (non-hydrogen) atoms. The molecular formula is C9H12N2O5S. The van der Waals surface area contributed by atoms with E-state index < -0.39 is 34.1 Å². The molecule has 2 rings (SSSR count). The van der Waals surface area contributed by atoms with Crippen LogP contribution in [-0.2, 0) is 0 Å². The van der Waals surface area contributed by atoms with Gasteiger partial charge in [0.2, 0.25) is 0 Å². The molecule has 1 aliphatic heterocycles. The third kappa shape index (κ3) is 2.16. The highest BCUT2D eigenvalue weighted by Crippen LogP contribution is 2.40. The molecule has 1 saturated heterocycles. The molecule has 7 nitrogen and oxygen atoms in total. The fourth-order valence-corrected chi connectivity index (χ4v) is 3.12. The molecule has 0 radical (unpaired) electrons. The van der Waals surface area contributed by atoms with E-state index in [1.165, 1.54) is 6.20 Å². The lowest BCUT2D eigenvalue weighted by Gasteiger charge is -2.17. The highest BCUT2D eigenvalue weighted by Gasteiger charge is 2.43. The van der Waals surface area contributed by atoms with Gasteiger partial charge in [0.05, 0.1) is 18.0 Å². The summed E-state index contributed by atoms with van der Waals surface area (Å²) in [5.41, 5.74) is -1.18. The van der Waals surface area contributed by atoms with E-state index in [0.717, 1.165) is 22.4 Å². The Bertz CT molecular complexity index is 513. The van der Waals surface area contributed by atoms with Crippen LogP contribution in [0.2, 0.25) is 0 Å². The van der Waals surface area contributed by atoms with Crippen LogP contribution >= 0.6 is 11.8 Å². The second kappa shape index (κ2) is 4.65. The lowest BCUT2D eigenvalue weighted by atomic mass is 10.1. The summed E-state index contributed by atoms with van der Waals surface area (Å²) in [6, 6.07) is 1.16. The lowest BCUT2D eigenvalue weighted by molar-refractivity contribution is 0.0101. The van der Waals surface area contributed by atoms with E-state index in [4.69, 9.17) is 5.11 Å². The molecule has 0 aromatic carbocycles. The number of H-pyrrole nitrogens is 1. The highest BCUT2D eigenvalue weighted by atomic mass is 32.2. The summed E-state index contributed by atoms with van der Waals surface area (Å²) in [6.07, 6.45) is -1.01. The standard InChI is InChI=1S/C9H12N2O5S/c12-3-4-6(14)7(15)8(17-4)11-2-1-5(13)10-9(11)16/h1-2,4,6-8,12,14-15H,3H2,(H,10,13,16)/t4-,6-,7-,8+/m1/s1. The van der Waals surface area contributed by atoms with Crippen LogP contribution in [0.15, 0.2) is 21.9 Å². The molecular weight excluding hydrogens is 248 g/mol. The highest BCUT2D eigenvalue weighted by molar-refractivity contribution is 8.00. The van der Waals surface area contributed by atoms with Gasteiger partial charge in [0, 0.05) is 12.3 Å². The Kier molecular flexibility index (Phi) is 3.38. The molecule has 94 valence electrons. The third-order valence-electron chi connectivity index (χ3n) is 2.64. The molecule has 4 atom stereocenters. The largest absolute Gasteiger partial charge is 0.395 e.